The number of aromatic nitrogens is 2. The molecular weight excluding hydrogens is 174 g/mol. The van der Waals surface area contributed by atoms with Gasteiger partial charge in [-0.1, -0.05) is 12.8 Å². The lowest BCUT2D eigenvalue weighted by Gasteiger charge is -2.21. The summed E-state index contributed by atoms with van der Waals surface area (Å²) in [5.74, 6) is 0. The molecule has 0 bridgehead atoms. The third-order valence-electron chi connectivity index (χ3n) is 3.59. The van der Waals surface area contributed by atoms with Gasteiger partial charge in [0.25, 0.3) is 0 Å². The second kappa shape index (κ2) is 2.83. The first-order valence-corrected chi connectivity index (χ1v) is 5.61. The second-order valence-electron chi connectivity index (χ2n) is 4.80. The van der Waals surface area contributed by atoms with Crippen molar-refractivity contribution in [3.8, 4) is 0 Å². The first-order chi connectivity index (χ1) is 6.78. The van der Waals surface area contributed by atoms with Crippen LogP contribution in [0, 0.1) is 0 Å². The lowest BCUT2D eigenvalue weighted by molar-refractivity contribution is 0.460. The molecule has 14 heavy (non-hydrogen) atoms. The number of nitrogens with two attached hydrogens (primary N) is 1. The van der Waals surface area contributed by atoms with Gasteiger partial charge >= 0.3 is 0 Å². The van der Waals surface area contributed by atoms with E-state index in [2.05, 4.69) is 16.0 Å². The zero-order valence-electron chi connectivity index (χ0n) is 8.45. The highest BCUT2D eigenvalue weighted by molar-refractivity contribution is 5.19. The number of hydrogen-bond donors (Lipinski definition) is 1. The summed E-state index contributed by atoms with van der Waals surface area (Å²) in [6, 6.07) is 0.675. The molecule has 3 rings (SSSR count). The van der Waals surface area contributed by atoms with Gasteiger partial charge in [0.2, 0.25) is 0 Å². The van der Waals surface area contributed by atoms with Crippen molar-refractivity contribution in [2.24, 2.45) is 5.73 Å². The van der Waals surface area contributed by atoms with Crippen molar-refractivity contribution in [1.82, 2.24) is 9.78 Å². The van der Waals surface area contributed by atoms with E-state index in [1.165, 1.54) is 31.2 Å². The summed E-state index contributed by atoms with van der Waals surface area (Å²) in [6.07, 6.45) is 11.5. The number of nitrogens with zero attached hydrogens (tertiary/aromatic N) is 2. The van der Waals surface area contributed by atoms with Crippen molar-refractivity contribution in [1.29, 1.82) is 0 Å². The van der Waals surface area contributed by atoms with Gasteiger partial charge < -0.3 is 5.73 Å². The van der Waals surface area contributed by atoms with Gasteiger partial charge in [-0.3, -0.25) is 4.68 Å². The van der Waals surface area contributed by atoms with Crippen LogP contribution in [0.2, 0.25) is 0 Å². The van der Waals surface area contributed by atoms with E-state index in [0.29, 0.717) is 6.04 Å². The molecule has 0 saturated heterocycles. The Morgan fingerprint density at radius 3 is 2.71 bits per heavy atom. The van der Waals surface area contributed by atoms with Crippen LogP contribution in [-0.4, -0.2) is 9.78 Å². The largest absolute Gasteiger partial charge is 0.321 e. The Morgan fingerprint density at radius 2 is 2.07 bits per heavy atom. The topological polar surface area (TPSA) is 43.8 Å². The molecule has 0 radical (unpaired) electrons. The molecule has 0 spiro atoms. The normalized spacial score (nSPS) is 25.5. The van der Waals surface area contributed by atoms with Crippen LogP contribution in [0.1, 0.15) is 50.1 Å². The van der Waals surface area contributed by atoms with Gasteiger partial charge in [-0.25, -0.2) is 0 Å². The fraction of sp³-hybridized carbons (Fsp3) is 0.727. The maximum atomic E-state index is 6.36. The lowest BCUT2D eigenvalue weighted by Crippen LogP contribution is -2.32. The van der Waals surface area contributed by atoms with Crippen LogP contribution < -0.4 is 5.73 Å². The molecule has 3 heteroatoms. The predicted molar refractivity (Wildman–Crippen MR) is 54.8 cm³/mol. The first-order valence-electron chi connectivity index (χ1n) is 5.61. The van der Waals surface area contributed by atoms with Crippen LogP contribution in [0.5, 0.6) is 0 Å². The zero-order valence-corrected chi connectivity index (χ0v) is 8.45. The Kier molecular flexibility index (Phi) is 1.71. The summed E-state index contributed by atoms with van der Waals surface area (Å²) in [5.41, 5.74) is 7.55. The van der Waals surface area contributed by atoms with Crippen molar-refractivity contribution in [3.63, 3.8) is 0 Å². The molecule has 0 aromatic carbocycles. The molecule has 2 N–H and O–H groups in total. The number of rotatable bonds is 2. The third-order valence-corrected chi connectivity index (χ3v) is 3.59. The molecule has 0 atom stereocenters. The fourth-order valence-corrected chi connectivity index (χ4v) is 2.43. The lowest BCUT2D eigenvalue weighted by atomic mass is 9.92. The Bertz CT molecular complexity index is 332. The number of hydrogen-bond acceptors (Lipinski definition) is 2. The van der Waals surface area contributed by atoms with E-state index in [4.69, 9.17) is 5.73 Å². The van der Waals surface area contributed by atoms with E-state index in [0.717, 1.165) is 12.8 Å². The van der Waals surface area contributed by atoms with Crippen LogP contribution in [0.4, 0.5) is 0 Å². The van der Waals surface area contributed by atoms with Gasteiger partial charge in [-0.05, 0) is 25.7 Å². The molecule has 0 aliphatic heterocycles. The molecule has 2 aliphatic rings. The zero-order chi connectivity index (χ0) is 9.60. The maximum Gasteiger partial charge on any atom is 0.0540 e. The summed E-state index contributed by atoms with van der Waals surface area (Å²) in [4.78, 5) is 0. The quantitative estimate of drug-likeness (QED) is 0.776. The summed E-state index contributed by atoms with van der Waals surface area (Å²) in [7, 11) is 0. The van der Waals surface area contributed by atoms with Crippen LogP contribution in [0.15, 0.2) is 12.4 Å². The SMILES string of the molecule is NC1(c2cnn(C3CC3)c2)CCCC1. The molecule has 1 aromatic heterocycles. The van der Waals surface area contributed by atoms with E-state index in [1.807, 2.05) is 6.20 Å². The van der Waals surface area contributed by atoms with Gasteiger partial charge in [0, 0.05) is 17.3 Å². The molecule has 3 nitrogen and oxygen atoms in total. The fourth-order valence-electron chi connectivity index (χ4n) is 2.43. The Balaban J connectivity index is 1.87. The summed E-state index contributed by atoms with van der Waals surface area (Å²) in [5, 5.41) is 4.40. The van der Waals surface area contributed by atoms with E-state index >= 15 is 0 Å². The van der Waals surface area contributed by atoms with Gasteiger partial charge in [-0.15, -0.1) is 0 Å². The summed E-state index contributed by atoms with van der Waals surface area (Å²) in [6.45, 7) is 0. The van der Waals surface area contributed by atoms with Crippen molar-refractivity contribution >= 4 is 0 Å². The molecule has 0 amide bonds. The van der Waals surface area contributed by atoms with Gasteiger partial charge in [0.1, 0.15) is 0 Å². The summed E-state index contributed by atoms with van der Waals surface area (Å²) >= 11 is 0. The van der Waals surface area contributed by atoms with Crippen molar-refractivity contribution in [2.45, 2.75) is 50.1 Å². The van der Waals surface area contributed by atoms with Crippen molar-refractivity contribution in [2.75, 3.05) is 0 Å². The maximum absolute atomic E-state index is 6.36. The average molecular weight is 191 g/mol. The third kappa shape index (κ3) is 1.27. The van der Waals surface area contributed by atoms with Crippen LogP contribution >= 0.6 is 0 Å². The van der Waals surface area contributed by atoms with E-state index < -0.39 is 0 Å². The van der Waals surface area contributed by atoms with E-state index in [-0.39, 0.29) is 5.54 Å². The van der Waals surface area contributed by atoms with Crippen molar-refractivity contribution in [3.05, 3.63) is 18.0 Å². The van der Waals surface area contributed by atoms with Crippen LogP contribution in [-0.2, 0) is 5.54 Å². The first kappa shape index (κ1) is 8.48. The van der Waals surface area contributed by atoms with Gasteiger partial charge in [0.05, 0.1) is 12.2 Å². The summed E-state index contributed by atoms with van der Waals surface area (Å²) < 4.78 is 2.10. The average Bonchev–Trinajstić information content (AvgIpc) is 2.75. The Morgan fingerprint density at radius 1 is 1.36 bits per heavy atom. The van der Waals surface area contributed by atoms with Crippen LogP contribution in [0.25, 0.3) is 0 Å². The molecule has 2 saturated carbocycles. The highest BCUT2D eigenvalue weighted by atomic mass is 15.3. The van der Waals surface area contributed by atoms with E-state index in [9.17, 15) is 0 Å². The molecule has 76 valence electrons. The minimum absolute atomic E-state index is 0.0624. The van der Waals surface area contributed by atoms with Crippen molar-refractivity contribution < 1.29 is 0 Å². The Labute approximate surface area is 84.3 Å². The predicted octanol–water partition coefficient (Wildman–Crippen LogP) is 1.95. The highest BCUT2D eigenvalue weighted by Gasteiger charge is 2.33. The van der Waals surface area contributed by atoms with Gasteiger partial charge in [0.15, 0.2) is 0 Å². The smallest absolute Gasteiger partial charge is 0.0540 e. The van der Waals surface area contributed by atoms with Gasteiger partial charge in [-0.2, -0.15) is 5.10 Å². The standard InChI is InChI=1S/C11H17N3/c12-11(5-1-2-6-11)9-7-13-14(8-9)10-3-4-10/h7-8,10H,1-6,12H2. The van der Waals surface area contributed by atoms with Crippen LogP contribution in [0.3, 0.4) is 0 Å². The minimum Gasteiger partial charge on any atom is -0.321 e. The second-order valence-corrected chi connectivity index (χ2v) is 4.80. The Hall–Kier alpha value is -0.830. The molecule has 1 heterocycles. The molecular formula is C11H17N3. The molecule has 0 unspecified atom stereocenters. The molecule has 1 aromatic rings. The minimum atomic E-state index is -0.0624. The monoisotopic (exact) mass is 191 g/mol. The highest BCUT2D eigenvalue weighted by Crippen LogP contribution is 2.38. The van der Waals surface area contributed by atoms with E-state index in [1.54, 1.807) is 0 Å². The molecule has 2 fully saturated rings. The molecule has 2 aliphatic carbocycles.